The average Bonchev–Trinajstić information content (AvgIpc) is 3.46. The fraction of sp³-hybridized carbons (Fsp3) is 0.417. The molecule has 0 unspecified atom stereocenters. The Morgan fingerprint density at radius 2 is 1.31 bits per heavy atom. The van der Waals surface area contributed by atoms with Gasteiger partial charge in [0.25, 0.3) is 0 Å². The van der Waals surface area contributed by atoms with Gasteiger partial charge in [0, 0.05) is 52.7 Å². The predicted octanol–water partition coefficient (Wildman–Crippen LogP) is 6.18. The first-order valence-electron chi connectivity index (χ1n) is 12.3. The van der Waals surface area contributed by atoms with E-state index in [4.69, 9.17) is 17.2 Å². The number of hydrogen-bond donors (Lipinski definition) is 5. The molecule has 8 N–H and O–H groups in total. The van der Waals surface area contributed by atoms with Gasteiger partial charge >= 0.3 is 0 Å². The smallest absolute Gasteiger partial charge is 0.204 e. The van der Waals surface area contributed by atoms with Crippen molar-refractivity contribution in [1.82, 2.24) is 19.1 Å². The molecule has 0 aliphatic carbocycles. The zero-order valence-electron chi connectivity index (χ0n) is 21.0. The van der Waals surface area contributed by atoms with Crippen LogP contribution in [0.3, 0.4) is 0 Å². The SMILES string of the molecule is Cl.Cl.NCCNc1nc2c(N)c(Br)c(Br)c3c2n1CCC3.NCCNc1nc2cc(Br)c(Br)c3c2n1CCC3. The van der Waals surface area contributed by atoms with E-state index in [0.29, 0.717) is 25.3 Å². The highest BCUT2D eigenvalue weighted by Gasteiger charge is 2.25. The highest BCUT2D eigenvalue weighted by Crippen LogP contribution is 2.43. The molecule has 2 aliphatic rings. The lowest BCUT2D eigenvalue weighted by Gasteiger charge is -2.19. The molecule has 0 radical (unpaired) electrons. The second-order valence-corrected chi connectivity index (χ2v) is 12.3. The van der Waals surface area contributed by atoms with Crippen LogP contribution < -0.4 is 27.8 Å². The molecule has 0 saturated heterocycles. The fourth-order valence-electron chi connectivity index (χ4n) is 5.08. The van der Waals surface area contributed by atoms with Crippen LogP contribution in [0.4, 0.5) is 17.6 Å². The van der Waals surface area contributed by atoms with Crippen LogP contribution in [0, 0.1) is 0 Å². The molecule has 0 bridgehead atoms. The first-order valence-corrected chi connectivity index (χ1v) is 15.4. The van der Waals surface area contributed by atoms with Gasteiger partial charge in [-0.25, -0.2) is 9.97 Å². The summed E-state index contributed by atoms with van der Waals surface area (Å²) in [5, 5.41) is 6.57. The monoisotopic (exact) mass is 831 g/mol. The Kier molecular flexibility index (Phi) is 11.7. The highest BCUT2D eigenvalue weighted by atomic mass is 79.9. The number of aryl methyl sites for hydroxylation is 4. The lowest BCUT2D eigenvalue weighted by Crippen LogP contribution is -2.17. The molecule has 0 spiro atoms. The van der Waals surface area contributed by atoms with E-state index in [1.54, 1.807) is 0 Å². The van der Waals surface area contributed by atoms with Crippen molar-refractivity contribution in [2.45, 2.75) is 38.8 Å². The number of nitrogens with one attached hydrogen (secondary N) is 2. The summed E-state index contributed by atoms with van der Waals surface area (Å²) in [6, 6.07) is 2.07. The van der Waals surface area contributed by atoms with Gasteiger partial charge in [0.2, 0.25) is 11.9 Å². The Hall–Kier alpha value is -0.800. The zero-order chi connectivity index (χ0) is 26.3. The summed E-state index contributed by atoms with van der Waals surface area (Å²) in [6.07, 6.45) is 4.38. The summed E-state index contributed by atoms with van der Waals surface area (Å²) in [7, 11) is 0. The van der Waals surface area contributed by atoms with E-state index in [-0.39, 0.29) is 24.8 Å². The van der Waals surface area contributed by atoms with Gasteiger partial charge in [-0.1, -0.05) is 0 Å². The van der Waals surface area contributed by atoms with Crippen LogP contribution >= 0.6 is 88.5 Å². The van der Waals surface area contributed by atoms with Crippen molar-refractivity contribution >= 4 is 128 Å². The molecule has 39 heavy (non-hydrogen) atoms. The molecule has 9 nitrogen and oxygen atoms in total. The minimum Gasteiger partial charge on any atom is -0.396 e. The van der Waals surface area contributed by atoms with E-state index in [9.17, 15) is 0 Å². The summed E-state index contributed by atoms with van der Waals surface area (Å²) < 4.78 is 8.64. The van der Waals surface area contributed by atoms with E-state index in [0.717, 1.165) is 91.7 Å². The number of nitrogen functional groups attached to an aromatic ring is 1. The van der Waals surface area contributed by atoms with Crippen molar-refractivity contribution in [2.24, 2.45) is 11.5 Å². The molecular formula is C24H31Br4Cl2N9. The van der Waals surface area contributed by atoms with Gasteiger partial charge in [-0.15, -0.1) is 24.8 Å². The molecule has 0 saturated carbocycles. The van der Waals surface area contributed by atoms with E-state index in [2.05, 4.69) is 99.5 Å². The Bertz CT molecular complexity index is 1490. The molecule has 2 aromatic carbocycles. The van der Waals surface area contributed by atoms with Crippen molar-refractivity contribution in [3.8, 4) is 0 Å². The third-order valence-corrected chi connectivity index (χ3v) is 11.0. The third kappa shape index (κ3) is 6.06. The minimum atomic E-state index is 0. The standard InChI is InChI=1S/C12H15Br2N5.C12H14Br2N4.2ClH/c13-7-6-2-1-5-19-11(6)10(9(16)8(7)14)18-12(19)17-4-3-15;13-8-6-9-11-7(10(8)14)2-1-5-18(11)12(17-9)16-4-3-15;;/h1-5,15-16H2,(H,17,18);6H,1-5,15H2,(H,16,17);2*1H. The van der Waals surface area contributed by atoms with Gasteiger partial charge in [0.1, 0.15) is 5.52 Å². The summed E-state index contributed by atoms with van der Waals surface area (Å²) in [6.45, 7) is 4.64. The van der Waals surface area contributed by atoms with Crippen LogP contribution in [-0.2, 0) is 25.9 Å². The number of aromatic nitrogens is 4. The van der Waals surface area contributed by atoms with Crippen molar-refractivity contribution in [3.63, 3.8) is 0 Å². The van der Waals surface area contributed by atoms with Gasteiger partial charge in [-0.05, 0) is 107 Å². The maximum Gasteiger partial charge on any atom is 0.204 e. The Labute approximate surface area is 273 Å². The maximum atomic E-state index is 6.17. The predicted molar refractivity (Wildman–Crippen MR) is 181 cm³/mol. The third-order valence-electron chi connectivity index (χ3n) is 6.69. The van der Waals surface area contributed by atoms with E-state index in [1.165, 1.54) is 16.6 Å². The number of anilines is 3. The number of hydrogen-bond acceptors (Lipinski definition) is 7. The van der Waals surface area contributed by atoms with Crippen LogP contribution in [0.25, 0.3) is 22.1 Å². The Morgan fingerprint density at radius 3 is 1.90 bits per heavy atom. The van der Waals surface area contributed by atoms with E-state index < -0.39 is 0 Å². The lowest BCUT2D eigenvalue weighted by atomic mass is 10.0. The molecule has 0 amide bonds. The maximum absolute atomic E-state index is 6.17. The van der Waals surface area contributed by atoms with Crippen molar-refractivity contribution < 1.29 is 0 Å². The van der Waals surface area contributed by atoms with Crippen LogP contribution in [0.5, 0.6) is 0 Å². The number of nitrogens with two attached hydrogens (primary N) is 3. The summed E-state index contributed by atoms with van der Waals surface area (Å²) in [5.41, 5.74) is 24.8. The number of benzene rings is 2. The van der Waals surface area contributed by atoms with Crippen LogP contribution in [0.1, 0.15) is 24.0 Å². The van der Waals surface area contributed by atoms with Gasteiger partial charge in [0.05, 0.1) is 26.7 Å². The van der Waals surface area contributed by atoms with E-state index >= 15 is 0 Å². The van der Waals surface area contributed by atoms with E-state index in [1.807, 2.05) is 0 Å². The second-order valence-electron chi connectivity index (χ2n) is 9.05. The fourth-order valence-corrected chi connectivity index (χ4v) is 7.07. The Morgan fingerprint density at radius 1 is 0.769 bits per heavy atom. The molecule has 4 aromatic rings. The van der Waals surface area contributed by atoms with Gasteiger partial charge < -0.3 is 37.0 Å². The first-order chi connectivity index (χ1) is 17.9. The van der Waals surface area contributed by atoms with Gasteiger partial charge in [-0.3, -0.25) is 0 Å². The van der Waals surface area contributed by atoms with Crippen molar-refractivity contribution in [1.29, 1.82) is 0 Å². The molecule has 0 atom stereocenters. The molecule has 4 heterocycles. The zero-order valence-corrected chi connectivity index (χ0v) is 29.0. The van der Waals surface area contributed by atoms with Crippen LogP contribution in [0.2, 0.25) is 0 Å². The summed E-state index contributed by atoms with van der Waals surface area (Å²) in [5.74, 6) is 1.79. The highest BCUT2D eigenvalue weighted by molar-refractivity contribution is 9.13. The number of rotatable bonds is 6. The largest absolute Gasteiger partial charge is 0.396 e. The molecule has 15 heteroatoms. The van der Waals surface area contributed by atoms with Crippen molar-refractivity contribution in [3.05, 3.63) is 35.1 Å². The van der Waals surface area contributed by atoms with Crippen LogP contribution in [-0.4, -0.2) is 45.3 Å². The van der Waals surface area contributed by atoms with Gasteiger partial charge in [0.15, 0.2) is 0 Å². The lowest BCUT2D eigenvalue weighted by molar-refractivity contribution is 0.634. The molecule has 2 aliphatic heterocycles. The molecule has 214 valence electrons. The summed E-state index contributed by atoms with van der Waals surface area (Å²) >= 11 is 14.4. The minimum absolute atomic E-state index is 0. The normalized spacial score (nSPS) is 13.4. The number of imidazole rings is 2. The Balaban J connectivity index is 0.000000205. The topological polar surface area (TPSA) is 138 Å². The first kappa shape index (κ1) is 32.7. The number of nitrogens with zero attached hydrogens (tertiary/aromatic N) is 4. The molecule has 2 aromatic heterocycles. The average molecular weight is 836 g/mol. The molecule has 0 fully saturated rings. The van der Waals surface area contributed by atoms with Crippen LogP contribution in [0.15, 0.2) is 24.0 Å². The summed E-state index contributed by atoms with van der Waals surface area (Å²) in [4.78, 5) is 9.31. The quantitative estimate of drug-likeness (QED) is 0.146. The van der Waals surface area contributed by atoms with Gasteiger partial charge in [-0.2, -0.15) is 0 Å². The second kappa shape index (κ2) is 13.9. The molecular weight excluding hydrogens is 805 g/mol. The number of halogens is 6. The molecule has 6 rings (SSSR count). The van der Waals surface area contributed by atoms with Crippen molar-refractivity contribution in [2.75, 3.05) is 42.5 Å².